The third-order valence-electron chi connectivity index (χ3n) is 5.40. The van der Waals surface area contributed by atoms with E-state index in [9.17, 15) is 13.2 Å². The van der Waals surface area contributed by atoms with Crippen LogP contribution in [0.4, 0.5) is 0 Å². The molecule has 0 radical (unpaired) electrons. The van der Waals surface area contributed by atoms with Crippen molar-refractivity contribution in [1.29, 1.82) is 0 Å². The third-order valence-corrected chi connectivity index (χ3v) is 7.27. The van der Waals surface area contributed by atoms with Crippen molar-refractivity contribution in [1.82, 2.24) is 0 Å². The predicted molar refractivity (Wildman–Crippen MR) is 115 cm³/mol. The molecule has 0 aromatic heterocycles. The van der Waals surface area contributed by atoms with E-state index in [0.717, 1.165) is 5.56 Å². The number of carbonyl (C=O) groups excluding carboxylic acids is 1. The van der Waals surface area contributed by atoms with Crippen LogP contribution in [-0.4, -0.2) is 14.4 Å². The summed E-state index contributed by atoms with van der Waals surface area (Å²) in [7, 11) is -3.73. The van der Waals surface area contributed by atoms with Gasteiger partial charge in [0, 0.05) is 17.5 Å². The lowest BCUT2D eigenvalue weighted by Crippen LogP contribution is -2.43. The Hall–Kier alpha value is -2.92. The van der Waals surface area contributed by atoms with E-state index >= 15 is 0 Å². The Balaban J connectivity index is 2.05. The van der Waals surface area contributed by atoms with Gasteiger partial charge >= 0.3 is 5.97 Å². The number of esters is 1. The molecule has 5 heteroatoms. The fraction of sp³-hybridized carbons (Fsp3) is 0.240. The number of hydrogen-bond acceptors (Lipinski definition) is 4. The highest BCUT2D eigenvalue weighted by atomic mass is 32.2. The number of benzene rings is 3. The Morgan fingerprint density at radius 3 is 1.77 bits per heavy atom. The standard InChI is InChI=1S/C25H24O4S/c1-24(2,3)23(26)29-25(17-18-11-5-4-6-12-18)19-13-7-9-15-21(19)30(27,28)22-16-10-8-14-20(22)25/h4-16H,17H2,1-3H3. The molecule has 0 saturated heterocycles. The topological polar surface area (TPSA) is 60.4 Å². The van der Waals surface area contributed by atoms with Crippen molar-refractivity contribution in [3.8, 4) is 0 Å². The third kappa shape index (κ3) is 3.23. The number of rotatable bonds is 3. The molecule has 4 nitrogen and oxygen atoms in total. The normalized spacial score (nSPS) is 16.2. The second-order valence-corrected chi connectivity index (χ2v) is 10.5. The molecule has 0 fully saturated rings. The van der Waals surface area contributed by atoms with Gasteiger partial charge in [0.25, 0.3) is 0 Å². The van der Waals surface area contributed by atoms with Crippen LogP contribution in [0.25, 0.3) is 0 Å². The van der Waals surface area contributed by atoms with Crippen LogP contribution >= 0.6 is 0 Å². The van der Waals surface area contributed by atoms with E-state index in [1.807, 2.05) is 30.3 Å². The summed E-state index contributed by atoms with van der Waals surface area (Å²) in [5.41, 5.74) is -0.0629. The van der Waals surface area contributed by atoms with Gasteiger partial charge in [-0.25, -0.2) is 8.42 Å². The monoisotopic (exact) mass is 420 g/mol. The molecule has 0 aliphatic carbocycles. The largest absolute Gasteiger partial charge is 0.448 e. The van der Waals surface area contributed by atoms with Crippen LogP contribution in [-0.2, 0) is 31.4 Å². The lowest BCUT2D eigenvalue weighted by molar-refractivity contribution is -0.167. The van der Waals surface area contributed by atoms with Crippen molar-refractivity contribution >= 4 is 15.8 Å². The zero-order chi connectivity index (χ0) is 21.6. The summed E-state index contributed by atoms with van der Waals surface area (Å²) in [6.07, 6.45) is 0.333. The van der Waals surface area contributed by atoms with E-state index in [4.69, 9.17) is 4.74 Å². The van der Waals surface area contributed by atoms with Crippen molar-refractivity contribution < 1.29 is 17.9 Å². The predicted octanol–water partition coefficient (Wildman–Crippen LogP) is 4.91. The SMILES string of the molecule is CC(C)(C)C(=O)OC1(Cc2ccccc2)c2ccccc2S(=O)(=O)c2ccccc21. The molecule has 0 saturated carbocycles. The molecular weight excluding hydrogens is 396 g/mol. The van der Waals surface area contributed by atoms with Crippen LogP contribution in [0.15, 0.2) is 88.7 Å². The minimum absolute atomic E-state index is 0.182. The highest BCUT2D eigenvalue weighted by Gasteiger charge is 2.50. The molecule has 3 aromatic rings. The second-order valence-electron chi connectivity index (χ2n) is 8.62. The molecule has 0 bridgehead atoms. The zero-order valence-electron chi connectivity index (χ0n) is 17.3. The van der Waals surface area contributed by atoms with E-state index < -0.39 is 20.9 Å². The zero-order valence-corrected chi connectivity index (χ0v) is 18.1. The van der Waals surface area contributed by atoms with Crippen LogP contribution < -0.4 is 0 Å². The minimum Gasteiger partial charge on any atom is -0.448 e. The molecule has 0 N–H and O–H groups in total. The van der Waals surface area contributed by atoms with Gasteiger partial charge in [0.2, 0.25) is 9.84 Å². The maximum absolute atomic E-state index is 13.4. The first kappa shape index (κ1) is 20.4. The smallest absolute Gasteiger partial charge is 0.312 e. The maximum Gasteiger partial charge on any atom is 0.312 e. The fourth-order valence-corrected chi connectivity index (χ4v) is 5.66. The van der Waals surface area contributed by atoms with Crippen molar-refractivity contribution in [2.45, 2.75) is 42.6 Å². The van der Waals surface area contributed by atoms with E-state index in [1.165, 1.54) is 0 Å². The summed E-state index contributed by atoms with van der Waals surface area (Å²) < 4.78 is 33.0. The van der Waals surface area contributed by atoms with Crippen molar-refractivity contribution in [2.75, 3.05) is 0 Å². The molecule has 30 heavy (non-hydrogen) atoms. The lowest BCUT2D eigenvalue weighted by Gasteiger charge is -2.41. The first-order valence-corrected chi connectivity index (χ1v) is 11.4. The van der Waals surface area contributed by atoms with E-state index in [1.54, 1.807) is 69.3 Å². The molecule has 3 aromatic carbocycles. The van der Waals surface area contributed by atoms with Crippen LogP contribution in [0.5, 0.6) is 0 Å². The van der Waals surface area contributed by atoms with E-state index in [0.29, 0.717) is 17.5 Å². The molecule has 0 spiro atoms. The number of hydrogen-bond donors (Lipinski definition) is 0. The van der Waals surface area contributed by atoms with E-state index in [2.05, 4.69) is 0 Å². The Morgan fingerprint density at radius 1 is 0.800 bits per heavy atom. The summed E-state index contributed by atoms with van der Waals surface area (Å²) >= 11 is 0. The molecule has 1 aliphatic heterocycles. The molecule has 0 atom stereocenters. The van der Waals surface area contributed by atoms with Crippen molar-refractivity contribution in [3.05, 3.63) is 95.6 Å². The van der Waals surface area contributed by atoms with Gasteiger partial charge in [0.15, 0.2) is 5.60 Å². The molecule has 1 heterocycles. The number of carbonyl (C=O) groups is 1. The van der Waals surface area contributed by atoms with Crippen LogP contribution in [0, 0.1) is 5.41 Å². The van der Waals surface area contributed by atoms with Gasteiger partial charge in [-0.2, -0.15) is 0 Å². The summed E-state index contributed by atoms with van der Waals surface area (Å²) in [4.78, 5) is 13.5. The van der Waals surface area contributed by atoms with Gasteiger partial charge in [-0.15, -0.1) is 0 Å². The second kappa shape index (κ2) is 7.10. The number of ether oxygens (including phenoxy) is 1. The summed E-state index contributed by atoms with van der Waals surface area (Å²) in [5.74, 6) is -0.387. The van der Waals surface area contributed by atoms with Gasteiger partial charge in [-0.05, 0) is 38.5 Å². The van der Waals surface area contributed by atoms with Gasteiger partial charge < -0.3 is 4.74 Å². The quantitative estimate of drug-likeness (QED) is 0.565. The molecule has 1 aliphatic rings. The van der Waals surface area contributed by atoms with E-state index in [-0.39, 0.29) is 15.8 Å². The molecule has 0 amide bonds. The number of fused-ring (bicyclic) bond motifs is 2. The Bertz CT molecular complexity index is 1150. The van der Waals surface area contributed by atoms with Gasteiger partial charge in [0.05, 0.1) is 15.2 Å². The fourth-order valence-electron chi connectivity index (χ4n) is 3.86. The highest BCUT2D eigenvalue weighted by molar-refractivity contribution is 7.91. The molecule has 0 unspecified atom stereocenters. The van der Waals surface area contributed by atoms with Crippen LogP contribution in [0.2, 0.25) is 0 Å². The average Bonchev–Trinajstić information content (AvgIpc) is 2.72. The first-order valence-electron chi connectivity index (χ1n) is 9.88. The molecule has 4 rings (SSSR count). The minimum atomic E-state index is -3.73. The molecule has 154 valence electrons. The number of sulfone groups is 1. The van der Waals surface area contributed by atoms with Gasteiger partial charge in [-0.3, -0.25) is 4.79 Å². The Morgan fingerprint density at radius 2 is 1.27 bits per heavy atom. The Kier molecular flexibility index (Phi) is 4.82. The average molecular weight is 421 g/mol. The lowest BCUT2D eigenvalue weighted by atomic mass is 9.80. The Labute approximate surface area is 177 Å². The summed E-state index contributed by atoms with van der Waals surface area (Å²) in [5, 5.41) is 0. The van der Waals surface area contributed by atoms with Crippen LogP contribution in [0.3, 0.4) is 0 Å². The highest BCUT2D eigenvalue weighted by Crippen LogP contribution is 2.49. The summed E-state index contributed by atoms with van der Waals surface area (Å²) in [6, 6.07) is 23.3. The van der Waals surface area contributed by atoms with Gasteiger partial charge in [-0.1, -0.05) is 66.7 Å². The first-order chi connectivity index (χ1) is 14.2. The maximum atomic E-state index is 13.4. The van der Waals surface area contributed by atoms with Crippen molar-refractivity contribution in [3.63, 3.8) is 0 Å². The van der Waals surface area contributed by atoms with Crippen LogP contribution in [0.1, 0.15) is 37.5 Å². The summed E-state index contributed by atoms with van der Waals surface area (Å²) in [6.45, 7) is 5.38. The molecular formula is C25H24O4S. The van der Waals surface area contributed by atoms with Gasteiger partial charge in [0.1, 0.15) is 0 Å². The van der Waals surface area contributed by atoms with Crippen molar-refractivity contribution in [2.24, 2.45) is 5.41 Å².